The van der Waals surface area contributed by atoms with Gasteiger partial charge in [0.15, 0.2) is 0 Å². The van der Waals surface area contributed by atoms with Gasteiger partial charge in [-0.25, -0.2) is 0 Å². The molecule has 1 aliphatic carbocycles. The van der Waals surface area contributed by atoms with E-state index in [0.29, 0.717) is 26.3 Å². The van der Waals surface area contributed by atoms with Crippen LogP contribution in [-0.2, 0) is 4.79 Å². The quantitative estimate of drug-likeness (QED) is 0.561. The summed E-state index contributed by atoms with van der Waals surface area (Å²) in [5.74, 6) is -0.242. The molecule has 28 heavy (non-hydrogen) atoms. The molecule has 1 amide bonds. The van der Waals surface area contributed by atoms with Gasteiger partial charge in [0.05, 0.1) is 10.9 Å². The van der Waals surface area contributed by atoms with Gasteiger partial charge in [-0.1, -0.05) is 61.4 Å². The first-order valence-electron chi connectivity index (χ1n) is 9.21. The first-order chi connectivity index (χ1) is 13.5. The van der Waals surface area contributed by atoms with E-state index < -0.39 is 5.97 Å². The summed E-state index contributed by atoms with van der Waals surface area (Å²) in [6.45, 7) is 0. The van der Waals surface area contributed by atoms with Crippen molar-refractivity contribution in [1.29, 1.82) is 0 Å². The minimum Gasteiger partial charge on any atom is -0.545 e. The lowest BCUT2D eigenvalue weighted by molar-refractivity contribution is -0.255. The van der Waals surface area contributed by atoms with Crippen LogP contribution in [0.1, 0.15) is 48.2 Å². The minimum atomic E-state index is -1.24. The number of thioether (sulfide) groups is 1. The van der Waals surface area contributed by atoms with E-state index in [1.54, 1.807) is 35.2 Å². The normalized spacial score (nSPS) is 19.6. The van der Waals surface area contributed by atoms with E-state index >= 15 is 0 Å². The second-order valence-corrected chi connectivity index (χ2v) is 8.59. The van der Waals surface area contributed by atoms with Crippen LogP contribution in [0.25, 0.3) is 17.4 Å². The summed E-state index contributed by atoms with van der Waals surface area (Å²) in [5, 5.41) is 11.0. The Morgan fingerprint density at radius 1 is 1.21 bits per heavy atom. The van der Waals surface area contributed by atoms with Gasteiger partial charge in [-0.15, -0.1) is 0 Å². The van der Waals surface area contributed by atoms with E-state index in [0.717, 1.165) is 25.7 Å². The maximum atomic E-state index is 12.9. The molecule has 0 radical (unpaired) electrons. The summed E-state index contributed by atoms with van der Waals surface area (Å²) in [6.07, 6.45) is 7.18. The number of aromatic carboxylic acids is 1. The zero-order valence-corrected chi connectivity index (χ0v) is 16.7. The maximum absolute atomic E-state index is 12.9. The lowest BCUT2D eigenvalue weighted by Crippen LogP contribution is -2.39. The summed E-state index contributed by atoms with van der Waals surface area (Å²) in [4.78, 5) is 26.2. The molecule has 0 unspecified atom stereocenters. The van der Waals surface area contributed by atoms with Crippen LogP contribution in [0.5, 0.6) is 0 Å². The number of hydrogen-bond acceptors (Lipinski definition) is 6. The average Bonchev–Trinajstić information content (AvgIpc) is 3.27. The molecular formula is C21H18NO4S2-. The van der Waals surface area contributed by atoms with Gasteiger partial charge in [0.1, 0.15) is 15.8 Å². The number of rotatable bonds is 4. The summed E-state index contributed by atoms with van der Waals surface area (Å²) >= 11 is 6.75. The standard InChI is InChI=1S/C21H19NO4S2/c23-19-18(28-21(27)22(19)15-7-2-1-3-8-15)12-16-9-10-17(26-16)13-5-4-6-14(11-13)20(24)25/h4-6,9-12,15H,1-3,7-8H2,(H,24,25)/p-1/b18-12+. The van der Waals surface area contributed by atoms with E-state index in [-0.39, 0.29) is 17.5 Å². The van der Waals surface area contributed by atoms with Crippen molar-refractivity contribution in [2.24, 2.45) is 0 Å². The van der Waals surface area contributed by atoms with Gasteiger partial charge in [-0.3, -0.25) is 9.69 Å². The molecule has 0 atom stereocenters. The smallest absolute Gasteiger partial charge is 0.266 e. The molecule has 7 heteroatoms. The third-order valence-electron chi connectivity index (χ3n) is 5.05. The molecule has 1 aromatic carbocycles. The van der Waals surface area contributed by atoms with Gasteiger partial charge < -0.3 is 14.3 Å². The average molecular weight is 413 g/mol. The molecule has 4 rings (SSSR count). The lowest BCUT2D eigenvalue weighted by atomic mass is 9.94. The fourth-order valence-electron chi connectivity index (χ4n) is 3.65. The molecule has 1 saturated carbocycles. The van der Waals surface area contributed by atoms with Crippen LogP contribution in [0.4, 0.5) is 0 Å². The van der Waals surface area contributed by atoms with Gasteiger partial charge in [-0.05, 0) is 36.6 Å². The molecule has 1 saturated heterocycles. The van der Waals surface area contributed by atoms with E-state index in [4.69, 9.17) is 16.6 Å². The molecule has 0 spiro atoms. The summed E-state index contributed by atoms with van der Waals surface area (Å²) < 4.78 is 6.42. The van der Waals surface area contributed by atoms with E-state index in [1.165, 1.54) is 30.3 Å². The van der Waals surface area contributed by atoms with Crippen LogP contribution in [0, 0.1) is 0 Å². The van der Waals surface area contributed by atoms with Gasteiger partial charge in [0.25, 0.3) is 5.91 Å². The van der Waals surface area contributed by atoms with E-state index in [1.807, 2.05) is 0 Å². The second-order valence-electron chi connectivity index (χ2n) is 6.91. The highest BCUT2D eigenvalue weighted by atomic mass is 32.2. The number of furan rings is 1. The summed E-state index contributed by atoms with van der Waals surface area (Å²) in [7, 11) is 0. The Morgan fingerprint density at radius 2 is 2.00 bits per heavy atom. The second kappa shape index (κ2) is 7.93. The number of nitrogens with zero attached hydrogens (tertiary/aromatic N) is 1. The Morgan fingerprint density at radius 3 is 2.75 bits per heavy atom. The van der Waals surface area contributed by atoms with Crippen LogP contribution in [0.2, 0.25) is 0 Å². The fourth-order valence-corrected chi connectivity index (χ4v) is 5.03. The Bertz CT molecular complexity index is 972. The number of carbonyl (C=O) groups is 2. The largest absolute Gasteiger partial charge is 0.545 e. The molecule has 2 fully saturated rings. The van der Waals surface area contributed by atoms with Crippen LogP contribution in [0.15, 0.2) is 45.7 Å². The van der Waals surface area contributed by atoms with E-state index in [2.05, 4.69) is 0 Å². The topological polar surface area (TPSA) is 73.6 Å². The summed E-state index contributed by atoms with van der Waals surface area (Å²) in [6, 6.07) is 10.1. The fraction of sp³-hybridized carbons (Fsp3) is 0.286. The number of hydrogen-bond donors (Lipinski definition) is 0. The van der Waals surface area contributed by atoms with Gasteiger partial charge in [0.2, 0.25) is 0 Å². The molecule has 5 nitrogen and oxygen atoms in total. The molecule has 144 valence electrons. The SMILES string of the molecule is O=C([O-])c1cccc(-c2ccc(/C=C3/SC(=S)N(C4CCCCC4)C3=O)o2)c1. The highest BCUT2D eigenvalue weighted by Crippen LogP contribution is 2.37. The molecule has 2 aliphatic rings. The molecule has 1 aromatic heterocycles. The van der Waals surface area contributed by atoms with Crippen LogP contribution in [0.3, 0.4) is 0 Å². The van der Waals surface area contributed by atoms with Crippen molar-refractivity contribution in [2.75, 3.05) is 0 Å². The molecule has 1 aliphatic heterocycles. The monoisotopic (exact) mass is 412 g/mol. The third kappa shape index (κ3) is 3.77. The Hall–Kier alpha value is -2.38. The van der Waals surface area contributed by atoms with Crippen molar-refractivity contribution in [2.45, 2.75) is 38.1 Å². The first-order valence-corrected chi connectivity index (χ1v) is 10.4. The highest BCUT2D eigenvalue weighted by molar-refractivity contribution is 8.26. The maximum Gasteiger partial charge on any atom is 0.266 e. The first kappa shape index (κ1) is 19.0. The predicted molar refractivity (Wildman–Crippen MR) is 110 cm³/mol. The van der Waals surface area contributed by atoms with Crippen molar-refractivity contribution < 1.29 is 19.1 Å². The van der Waals surface area contributed by atoms with Crippen LogP contribution in [-0.4, -0.2) is 27.1 Å². The summed E-state index contributed by atoms with van der Waals surface area (Å²) in [5.41, 5.74) is 0.722. The number of thiocarbonyl (C=S) groups is 1. The zero-order chi connectivity index (χ0) is 19.7. The van der Waals surface area contributed by atoms with Gasteiger partial charge in [-0.2, -0.15) is 0 Å². The minimum absolute atomic E-state index is 0.0567. The Kier molecular flexibility index (Phi) is 5.37. The number of amides is 1. The van der Waals surface area contributed by atoms with Crippen molar-refractivity contribution in [3.8, 4) is 11.3 Å². The van der Waals surface area contributed by atoms with Crippen molar-refractivity contribution in [3.63, 3.8) is 0 Å². The molecule has 0 bridgehead atoms. The molecule has 2 heterocycles. The lowest BCUT2D eigenvalue weighted by Gasteiger charge is -2.29. The van der Waals surface area contributed by atoms with Crippen molar-refractivity contribution in [3.05, 3.63) is 52.6 Å². The number of carboxylic acid groups (broad SMARTS) is 1. The number of carbonyl (C=O) groups excluding carboxylic acids is 2. The van der Waals surface area contributed by atoms with Gasteiger partial charge in [0, 0.05) is 17.7 Å². The molecule has 0 N–H and O–H groups in total. The highest BCUT2D eigenvalue weighted by Gasteiger charge is 2.37. The molecular weight excluding hydrogens is 394 g/mol. The van der Waals surface area contributed by atoms with Crippen molar-refractivity contribution >= 4 is 46.3 Å². The zero-order valence-electron chi connectivity index (χ0n) is 15.1. The number of carboxylic acids is 1. The Balaban J connectivity index is 1.55. The van der Waals surface area contributed by atoms with Crippen molar-refractivity contribution in [1.82, 2.24) is 4.90 Å². The van der Waals surface area contributed by atoms with Crippen LogP contribution < -0.4 is 5.11 Å². The van der Waals surface area contributed by atoms with Crippen LogP contribution >= 0.6 is 24.0 Å². The molecule has 2 aromatic rings. The predicted octanol–water partition coefficient (Wildman–Crippen LogP) is 3.84. The van der Waals surface area contributed by atoms with Gasteiger partial charge >= 0.3 is 0 Å². The Labute approximate surface area is 172 Å². The number of benzene rings is 1. The third-order valence-corrected chi connectivity index (χ3v) is 6.38. The van der Waals surface area contributed by atoms with E-state index in [9.17, 15) is 14.7 Å².